The molecule has 0 fully saturated rings. The smallest absolute Gasteiger partial charge is 0.260 e. The number of nitrogens with one attached hydrogen (secondary N) is 1. The van der Waals surface area contributed by atoms with Crippen LogP contribution in [0.15, 0.2) is 53.8 Å². The van der Waals surface area contributed by atoms with E-state index >= 15 is 0 Å². The fourth-order valence-corrected chi connectivity index (χ4v) is 2.24. The summed E-state index contributed by atoms with van der Waals surface area (Å²) in [5.74, 6) is 1.35. The van der Waals surface area contributed by atoms with Crippen molar-refractivity contribution >= 4 is 17.4 Å². The number of likely N-dealkylation sites (N-methyl/N-ethyl adjacent to an activating group) is 1. The number of pyridine rings is 1. The van der Waals surface area contributed by atoms with Gasteiger partial charge in [-0.15, -0.1) is 0 Å². The first-order chi connectivity index (χ1) is 12.1. The lowest BCUT2D eigenvalue weighted by Crippen LogP contribution is -2.34. The van der Waals surface area contributed by atoms with Gasteiger partial charge in [-0.05, 0) is 62.7 Å². The average Bonchev–Trinajstić information content (AvgIpc) is 2.66. The van der Waals surface area contributed by atoms with E-state index in [2.05, 4.69) is 15.5 Å². The van der Waals surface area contributed by atoms with Crippen molar-refractivity contribution < 1.29 is 9.53 Å². The van der Waals surface area contributed by atoms with Gasteiger partial charge in [0.2, 0.25) is 0 Å². The van der Waals surface area contributed by atoms with Crippen molar-refractivity contribution in [2.45, 2.75) is 20.8 Å². The first-order valence-electron chi connectivity index (χ1n) is 8.36. The zero-order valence-electron chi connectivity index (χ0n) is 14.9. The SMILES string of the molecule is CCN(CC)C(=O)COc1ccc(/C(C)=N\Nc2ccccn2)cc1. The van der Waals surface area contributed by atoms with Gasteiger partial charge in [-0.3, -0.25) is 10.2 Å². The Bertz CT molecular complexity index is 695. The molecular weight excluding hydrogens is 316 g/mol. The minimum Gasteiger partial charge on any atom is -0.484 e. The van der Waals surface area contributed by atoms with Crippen LogP contribution in [0.2, 0.25) is 0 Å². The van der Waals surface area contributed by atoms with Gasteiger partial charge in [0, 0.05) is 19.3 Å². The Balaban J connectivity index is 1.91. The van der Waals surface area contributed by atoms with Crippen LogP contribution in [0.4, 0.5) is 5.82 Å². The summed E-state index contributed by atoms with van der Waals surface area (Å²) >= 11 is 0. The molecule has 0 saturated heterocycles. The number of hydrogen-bond donors (Lipinski definition) is 1. The molecule has 0 aliphatic carbocycles. The highest BCUT2D eigenvalue weighted by atomic mass is 16.5. The van der Waals surface area contributed by atoms with Gasteiger partial charge in [0.1, 0.15) is 11.6 Å². The molecule has 2 aromatic rings. The minimum absolute atomic E-state index is 0.00798. The van der Waals surface area contributed by atoms with Gasteiger partial charge in [0.05, 0.1) is 5.71 Å². The lowest BCUT2D eigenvalue weighted by atomic mass is 10.1. The fraction of sp³-hybridized carbons (Fsp3) is 0.316. The van der Waals surface area contributed by atoms with Gasteiger partial charge in [-0.2, -0.15) is 5.10 Å². The molecule has 0 bridgehead atoms. The summed E-state index contributed by atoms with van der Waals surface area (Å²) in [6.07, 6.45) is 1.71. The summed E-state index contributed by atoms with van der Waals surface area (Å²) in [4.78, 5) is 17.8. The van der Waals surface area contributed by atoms with Gasteiger partial charge in [-0.1, -0.05) is 6.07 Å². The molecule has 1 N–H and O–H groups in total. The van der Waals surface area contributed by atoms with E-state index < -0.39 is 0 Å². The summed E-state index contributed by atoms with van der Waals surface area (Å²) in [6, 6.07) is 13.1. The van der Waals surface area contributed by atoms with Crippen molar-refractivity contribution in [1.29, 1.82) is 0 Å². The number of rotatable bonds is 8. The van der Waals surface area contributed by atoms with Gasteiger partial charge in [0.25, 0.3) is 5.91 Å². The van der Waals surface area contributed by atoms with E-state index in [1.807, 2.05) is 63.2 Å². The van der Waals surface area contributed by atoms with Crippen LogP contribution in [0.1, 0.15) is 26.3 Å². The standard InChI is InChI=1S/C19H24N4O2/c1-4-23(5-2)19(24)14-25-17-11-9-16(10-12-17)15(3)21-22-18-8-6-7-13-20-18/h6-13H,4-5,14H2,1-3H3,(H,20,22)/b21-15-. The summed E-state index contributed by atoms with van der Waals surface area (Å²) in [7, 11) is 0. The highest BCUT2D eigenvalue weighted by Crippen LogP contribution is 2.13. The largest absolute Gasteiger partial charge is 0.484 e. The number of ether oxygens (including phenoxy) is 1. The highest BCUT2D eigenvalue weighted by molar-refractivity contribution is 5.99. The molecule has 0 saturated carbocycles. The van der Waals surface area contributed by atoms with Gasteiger partial charge < -0.3 is 9.64 Å². The quantitative estimate of drug-likeness (QED) is 0.592. The van der Waals surface area contributed by atoms with Gasteiger partial charge in [-0.25, -0.2) is 4.98 Å². The van der Waals surface area contributed by atoms with Crippen molar-refractivity contribution in [3.05, 3.63) is 54.2 Å². The lowest BCUT2D eigenvalue weighted by Gasteiger charge is -2.18. The maximum Gasteiger partial charge on any atom is 0.260 e. The lowest BCUT2D eigenvalue weighted by molar-refractivity contribution is -0.132. The van der Waals surface area contributed by atoms with Crippen molar-refractivity contribution in [2.24, 2.45) is 5.10 Å². The second-order valence-corrected chi connectivity index (χ2v) is 5.40. The topological polar surface area (TPSA) is 66.8 Å². The molecule has 0 aliphatic heterocycles. The van der Waals surface area contributed by atoms with E-state index in [0.717, 1.165) is 11.3 Å². The third kappa shape index (κ3) is 5.60. The average molecular weight is 340 g/mol. The van der Waals surface area contributed by atoms with Gasteiger partial charge in [0.15, 0.2) is 6.61 Å². The van der Waals surface area contributed by atoms with Crippen LogP contribution >= 0.6 is 0 Å². The second-order valence-electron chi connectivity index (χ2n) is 5.40. The maximum atomic E-state index is 11.9. The molecule has 0 unspecified atom stereocenters. The summed E-state index contributed by atoms with van der Waals surface area (Å²) in [6.45, 7) is 7.26. The van der Waals surface area contributed by atoms with E-state index in [1.165, 1.54) is 0 Å². The predicted molar refractivity (Wildman–Crippen MR) is 99.9 cm³/mol. The number of carbonyl (C=O) groups excluding carboxylic acids is 1. The Labute approximate surface area is 148 Å². The zero-order chi connectivity index (χ0) is 18.1. The van der Waals surface area contributed by atoms with Crippen LogP contribution < -0.4 is 10.2 Å². The van der Waals surface area contributed by atoms with Crippen molar-refractivity contribution in [2.75, 3.05) is 25.1 Å². The zero-order valence-corrected chi connectivity index (χ0v) is 14.9. The molecule has 0 atom stereocenters. The molecule has 6 heteroatoms. The molecule has 0 aliphatic rings. The summed E-state index contributed by atoms with van der Waals surface area (Å²) < 4.78 is 5.56. The summed E-state index contributed by atoms with van der Waals surface area (Å²) in [5.41, 5.74) is 4.71. The Kier molecular flexibility index (Phi) is 6.95. The van der Waals surface area contributed by atoms with E-state index in [9.17, 15) is 4.79 Å². The van der Waals surface area contributed by atoms with E-state index in [-0.39, 0.29) is 12.5 Å². The van der Waals surface area contributed by atoms with E-state index in [4.69, 9.17) is 4.74 Å². The molecule has 1 heterocycles. The molecule has 6 nitrogen and oxygen atoms in total. The summed E-state index contributed by atoms with van der Waals surface area (Å²) in [5, 5.41) is 4.32. The number of amides is 1. The molecule has 1 aromatic carbocycles. The van der Waals surface area contributed by atoms with Crippen LogP contribution in [-0.2, 0) is 4.79 Å². The second kappa shape index (κ2) is 9.42. The molecule has 1 amide bonds. The van der Waals surface area contributed by atoms with Crippen LogP contribution in [0.3, 0.4) is 0 Å². The monoisotopic (exact) mass is 340 g/mol. The Morgan fingerprint density at radius 3 is 2.48 bits per heavy atom. The van der Waals surface area contributed by atoms with Crippen molar-refractivity contribution in [1.82, 2.24) is 9.88 Å². The van der Waals surface area contributed by atoms with Crippen LogP contribution in [0.5, 0.6) is 5.75 Å². The molecule has 0 radical (unpaired) electrons. The number of nitrogens with zero attached hydrogens (tertiary/aromatic N) is 3. The Morgan fingerprint density at radius 2 is 1.88 bits per heavy atom. The van der Waals surface area contributed by atoms with Crippen LogP contribution in [-0.4, -0.2) is 41.2 Å². The van der Waals surface area contributed by atoms with Crippen LogP contribution in [0, 0.1) is 0 Å². The number of benzene rings is 1. The number of hydrogen-bond acceptors (Lipinski definition) is 5. The van der Waals surface area contributed by atoms with Crippen molar-refractivity contribution in [3.8, 4) is 5.75 Å². The third-order valence-electron chi connectivity index (χ3n) is 3.75. The fourth-order valence-electron chi connectivity index (χ4n) is 2.24. The number of aromatic nitrogens is 1. The molecule has 2 rings (SSSR count). The third-order valence-corrected chi connectivity index (χ3v) is 3.75. The molecule has 0 spiro atoms. The normalized spacial score (nSPS) is 11.1. The molecule has 132 valence electrons. The minimum atomic E-state index is -0.00798. The van der Waals surface area contributed by atoms with Crippen molar-refractivity contribution in [3.63, 3.8) is 0 Å². The van der Waals surface area contributed by atoms with Gasteiger partial charge >= 0.3 is 0 Å². The highest BCUT2D eigenvalue weighted by Gasteiger charge is 2.10. The van der Waals surface area contributed by atoms with E-state index in [1.54, 1.807) is 11.1 Å². The maximum absolute atomic E-state index is 11.9. The first-order valence-corrected chi connectivity index (χ1v) is 8.36. The molecular formula is C19H24N4O2. The van der Waals surface area contributed by atoms with Crippen LogP contribution in [0.25, 0.3) is 0 Å². The predicted octanol–water partition coefficient (Wildman–Crippen LogP) is 3.16. The Morgan fingerprint density at radius 1 is 1.16 bits per heavy atom. The molecule has 1 aromatic heterocycles. The Hall–Kier alpha value is -2.89. The number of hydrazone groups is 1. The molecule has 25 heavy (non-hydrogen) atoms. The van der Waals surface area contributed by atoms with E-state index in [0.29, 0.717) is 24.7 Å². The number of anilines is 1. The number of carbonyl (C=O) groups is 1. The first kappa shape index (κ1) is 18.4.